The van der Waals surface area contributed by atoms with Gasteiger partial charge in [0.1, 0.15) is 22.8 Å². The van der Waals surface area contributed by atoms with E-state index in [-0.39, 0.29) is 48.1 Å². The molecule has 2 N–H and O–H groups in total. The molecular formula is C34H33F6N3O5. The minimum Gasteiger partial charge on any atom is -0.491 e. The summed E-state index contributed by atoms with van der Waals surface area (Å²) in [5.74, 6) is 0.121. The van der Waals surface area contributed by atoms with Crippen molar-refractivity contribution in [2.45, 2.75) is 76.6 Å². The van der Waals surface area contributed by atoms with Crippen molar-refractivity contribution in [3.05, 3.63) is 88.5 Å². The van der Waals surface area contributed by atoms with Gasteiger partial charge in [-0.3, -0.25) is 9.69 Å². The highest BCUT2D eigenvalue weighted by Gasteiger charge is 2.71. The number of carbonyl (C=O) groups is 2. The van der Waals surface area contributed by atoms with Crippen LogP contribution < -0.4 is 14.8 Å². The maximum absolute atomic E-state index is 13.5. The second-order valence-electron chi connectivity index (χ2n) is 11.8. The Morgan fingerprint density at radius 1 is 0.917 bits per heavy atom. The fourth-order valence-electron chi connectivity index (χ4n) is 5.39. The van der Waals surface area contributed by atoms with Gasteiger partial charge in [-0.15, -0.1) is 0 Å². The van der Waals surface area contributed by atoms with Gasteiger partial charge in [-0.1, -0.05) is 37.6 Å². The van der Waals surface area contributed by atoms with Crippen LogP contribution in [0.4, 0.5) is 31.1 Å². The quantitative estimate of drug-likeness (QED) is 0.162. The third-order valence-electron chi connectivity index (χ3n) is 7.93. The summed E-state index contributed by atoms with van der Waals surface area (Å²) in [4.78, 5) is 27.3. The first-order valence-corrected chi connectivity index (χ1v) is 15.0. The van der Waals surface area contributed by atoms with Crippen molar-refractivity contribution in [1.82, 2.24) is 10.2 Å². The van der Waals surface area contributed by atoms with Gasteiger partial charge >= 0.3 is 18.4 Å². The summed E-state index contributed by atoms with van der Waals surface area (Å²) in [6.45, 7) is 6.94. The number of aliphatic hydroxyl groups is 1. The SMILES string of the molecule is CCCc1cc(C(O)(C(F)(F)F)C(F)(F)F)ccc1Oc1ccc(CCN2C(=O)NC(C)(c3ccc(OC(C)C)cc3)C2=O)c(C#N)c1. The van der Waals surface area contributed by atoms with Crippen molar-refractivity contribution in [2.75, 3.05) is 6.54 Å². The number of hydrogen-bond donors (Lipinski definition) is 2. The first-order chi connectivity index (χ1) is 22.3. The molecule has 0 aliphatic carbocycles. The molecule has 1 aliphatic rings. The predicted octanol–water partition coefficient (Wildman–Crippen LogP) is 7.41. The largest absolute Gasteiger partial charge is 0.491 e. The van der Waals surface area contributed by atoms with Crippen LogP contribution >= 0.6 is 0 Å². The summed E-state index contributed by atoms with van der Waals surface area (Å²) in [6.07, 6.45) is -11.7. The number of carbonyl (C=O) groups excluding carboxylic acids is 2. The van der Waals surface area contributed by atoms with Crippen LogP contribution in [0.2, 0.25) is 0 Å². The van der Waals surface area contributed by atoms with Gasteiger partial charge in [-0.2, -0.15) is 31.6 Å². The van der Waals surface area contributed by atoms with Crippen molar-refractivity contribution in [3.8, 4) is 23.3 Å². The van der Waals surface area contributed by atoms with E-state index in [0.717, 1.165) is 11.0 Å². The maximum Gasteiger partial charge on any atom is 0.430 e. The molecule has 8 nitrogen and oxygen atoms in total. The summed E-state index contributed by atoms with van der Waals surface area (Å²) in [5.41, 5.74) is -6.72. The Labute approximate surface area is 272 Å². The van der Waals surface area contributed by atoms with E-state index in [4.69, 9.17) is 9.47 Å². The van der Waals surface area contributed by atoms with Gasteiger partial charge in [0.2, 0.25) is 0 Å². The number of nitrogens with one attached hydrogen (secondary N) is 1. The Balaban J connectivity index is 1.52. The van der Waals surface area contributed by atoms with Crippen molar-refractivity contribution in [2.24, 2.45) is 0 Å². The molecule has 48 heavy (non-hydrogen) atoms. The molecular weight excluding hydrogens is 644 g/mol. The normalized spacial score (nSPS) is 17.0. The van der Waals surface area contributed by atoms with E-state index in [1.807, 2.05) is 19.9 Å². The molecule has 1 unspecified atom stereocenters. The van der Waals surface area contributed by atoms with Gasteiger partial charge in [-0.05, 0) is 86.7 Å². The lowest BCUT2D eigenvalue weighted by Gasteiger charge is -2.33. The summed E-state index contributed by atoms with van der Waals surface area (Å²) >= 11 is 0. The minimum atomic E-state index is -6.04. The van der Waals surface area contributed by atoms with Gasteiger partial charge in [0, 0.05) is 12.1 Å². The molecule has 14 heteroatoms. The lowest BCUT2D eigenvalue weighted by Crippen LogP contribution is -2.53. The number of hydrogen-bond acceptors (Lipinski definition) is 6. The Morgan fingerprint density at radius 2 is 1.54 bits per heavy atom. The van der Waals surface area contributed by atoms with Crippen LogP contribution in [0.15, 0.2) is 60.7 Å². The van der Waals surface area contributed by atoms with Gasteiger partial charge in [0.15, 0.2) is 0 Å². The Hall–Kier alpha value is -4.77. The molecule has 1 atom stereocenters. The number of urea groups is 1. The molecule has 3 aromatic carbocycles. The zero-order chi connectivity index (χ0) is 35.7. The standard InChI is InChI=1S/C34H33F6N3O5/c1-5-6-22-17-25(32(46,33(35,36)37)34(38,39)40)10-14-28(22)48-27-11-7-21(23(18-27)19-41)15-16-43-29(44)31(4,42-30(43)45)24-8-12-26(13-9-24)47-20(2)3/h7-14,17-18,20,46H,5-6,15-16H2,1-4H3,(H,42,45). The highest BCUT2D eigenvalue weighted by molar-refractivity contribution is 6.07. The van der Waals surface area contributed by atoms with Crippen molar-refractivity contribution >= 4 is 11.9 Å². The van der Waals surface area contributed by atoms with Crippen LogP contribution in [-0.4, -0.2) is 46.9 Å². The number of halogens is 6. The van der Waals surface area contributed by atoms with Crippen LogP contribution in [0.1, 0.15) is 61.9 Å². The van der Waals surface area contributed by atoms with E-state index < -0.39 is 41.0 Å². The highest BCUT2D eigenvalue weighted by atomic mass is 19.4. The molecule has 0 saturated carbocycles. The fourth-order valence-corrected chi connectivity index (χ4v) is 5.39. The molecule has 1 aliphatic heterocycles. The number of alkyl halides is 6. The Kier molecular flexibility index (Phi) is 10.1. The maximum atomic E-state index is 13.5. The third-order valence-corrected chi connectivity index (χ3v) is 7.93. The molecule has 0 bridgehead atoms. The first kappa shape index (κ1) is 36.1. The Bertz CT molecular complexity index is 1700. The molecule has 3 aromatic rings. The van der Waals surface area contributed by atoms with Gasteiger partial charge in [0.25, 0.3) is 11.5 Å². The summed E-state index contributed by atoms with van der Waals surface area (Å²) in [7, 11) is 0. The molecule has 256 valence electrons. The highest BCUT2D eigenvalue weighted by Crippen LogP contribution is 2.50. The zero-order valence-corrected chi connectivity index (χ0v) is 26.4. The number of nitriles is 1. The average molecular weight is 678 g/mol. The summed E-state index contributed by atoms with van der Waals surface area (Å²) < 4.78 is 92.2. The molecule has 3 amide bonds. The van der Waals surface area contributed by atoms with Crippen LogP contribution in [0.3, 0.4) is 0 Å². The van der Waals surface area contributed by atoms with E-state index in [2.05, 4.69) is 5.32 Å². The number of amides is 3. The van der Waals surface area contributed by atoms with Crippen LogP contribution in [0.25, 0.3) is 0 Å². The molecule has 1 heterocycles. The molecule has 0 spiro atoms. The molecule has 1 fully saturated rings. The van der Waals surface area contributed by atoms with Crippen molar-refractivity contribution < 1.29 is 50.5 Å². The number of benzene rings is 3. The first-order valence-electron chi connectivity index (χ1n) is 15.0. The zero-order valence-electron chi connectivity index (χ0n) is 26.4. The number of aryl methyl sites for hydroxylation is 1. The van der Waals surface area contributed by atoms with Gasteiger partial charge in [-0.25, -0.2) is 4.79 Å². The third kappa shape index (κ3) is 6.92. The fraction of sp³-hybridized carbons (Fsp3) is 0.382. The van der Waals surface area contributed by atoms with E-state index in [1.165, 1.54) is 18.2 Å². The molecule has 0 aromatic heterocycles. The van der Waals surface area contributed by atoms with Gasteiger partial charge < -0.3 is 19.9 Å². The second-order valence-corrected chi connectivity index (χ2v) is 11.8. The van der Waals surface area contributed by atoms with Crippen LogP contribution in [0.5, 0.6) is 17.2 Å². The summed E-state index contributed by atoms with van der Waals surface area (Å²) in [6, 6.07) is 14.5. The van der Waals surface area contributed by atoms with E-state index in [9.17, 15) is 46.3 Å². The monoisotopic (exact) mass is 677 g/mol. The lowest BCUT2D eigenvalue weighted by molar-refractivity contribution is -0.376. The van der Waals surface area contributed by atoms with E-state index in [0.29, 0.717) is 35.4 Å². The van der Waals surface area contributed by atoms with Gasteiger partial charge in [0.05, 0.1) is 17.7 Å². The van der Waals surface area contributed by atoms with E-state index in [1.54, 1.807) is 38.1 Å². The molecule has 0 radical (unpaired) electrons. The summed E-state index contributed by atoms with van der Waals surface area (Å²) in [5, 5.41) is 22.4. The minimum absolute atomic E-state index is 0.0202. The number of rotatable bonds is 11. The topological polar surface area (TPSA) is 112 Å². The smallest absolute Gasteiger partial charge is 0.430 e. The lowest BCUT2D eigenvalue weighted by atomic mass is 9.90. The number of imide groups is 1. The second kappa shape index (κ2) is 13.4. The van der Waals surface area contributed by atoms with E-state index >= 15 is 0 Å². The Morgan fingerprint density at radius 3 is 2.10 bits per heavy atom. The number of ether oxygens (including phenoxy) is 2. The van der Waals surface area contributed by atoms with Crippen molar-refractivity contribution in [3.63, 3.8) is 0 Å². The average Bonchev–Trinajstić information content (AvgIpc) is 3.23. The van der Waals surface area contributed by atoms with Crippen LogP contribution in [0, 0.1) is 11.3 Å². The molecule has 1 saturated heterocycles. The predicted molar refractivity (Wildman–Crippen MR) is 161 cm³/mol. The van der Waals surface area contributed by atoms with Crippen LogP contribution in [-0.2, 0) is 28.8 Å². The number of nitrogens with zero attached hydrogens (tertiary/aromatic N) is 2. The van der Waals surface area contributed by atoms with Crippen molar-refractivity contribution in [1.29, 1.82) is 5.26 Å². The molecule has 4 rings (SSSR count).